The Morgan fingerprint density at radius 1 is 1.47 bits per heavy atom. The Kier molecular flexibility index (Phi) is 3.05. The Bertz CT molecular complexity index is 428. The van der Waals surface area contributed by atoms with E-state index >= 15 is 0 Å². The van der Waals surface area contributed by atoms with Crippen molar-refractivity contribution in [3.05, 3.63) is 23.9 Å². The average Bonchev–Trinajstić information content (AvgIpc) is 2.25. The highest BCUT2D eigenvalue weighted by molar-refractivity contribution is 5.88. The molecule has 4 nitrogen and oxygen atoms in total. The molecule has 1 aliphatic rings. The van der Waals surface area contributed by atoms with Gasteiger partial charge in [0.1, 0.15) is 5.82 Å². The molecule has 1 atom stereocenters. The maximum Gasteiger partial charge on any atom is 0.320 e. The highest BCUT2D eigenvalue weighted by Gasteiger charge is 2.39. The molecule has 1 aliphatic carbocycles. The monoisotopic (exact) mass is 233 g/mol. The molecule has 1 unspecified atom stereocenters. The van der Waals surface area contributed by atoms with Crippen LogP contribution in [0.1, 0.15) is 32.4 Å². The first-order chi connectivity index (χ1) is 7.97. The largest absolute Gasteiger partial charge is 0.335 e. The summed E-state index contributed by atoms with van der Waals surface area (Å²) in [4.78, 5) is 16.0. The molecule has 2 N–H and O–H groups in total. The summed E-state index contributed by atoms with van der Waals surface area (Å²) in [5, 5.41) is 5.74. The van der Waals surface area contributed by atoms with Gasteiger partial charge in [-0.15, -0.1) is 0 Å². The van der Waals surface area contributed by atoms with Crippen LogP contribution in [0.15, 0.2) is 18.2 Å². The van der Waals surface area contributed by atoms with E-state index in [4.69, 9.17) is 0 Å². The number of hydrogen-bond donors (Lipinski definition) is 2. The van der Waals surface area contributed by atoms with Crippen LogP contribution in [0, 0.1) is 12.3 Å². The lowest BCUT2D eigenvalue weighted by atomic mass is 9.67. The van der Waals surface area contributed by atoms with Crippen LogP contribution in [0.4, 0.5) is 10.6 Å². The Labute approximate surface area is 102 Å². The van der Waals surface area contributed by atoms with Gasteiger partial charge in [0.15, 0.2) is 0 Å². The Hall–Kier alpha value is -1.58. The second-order valence-electron chi connectivity index (χ2n) is 5.34. The SMILES string of the molecule is Cc1cccc(NC(=O)NC2CCC2(C)C)n1. The predicted molar refractivity (Wildman–Crippen MR) is 67.9 cm³/mol. The molecular formula is C13H19N3O. The van der Waals surface area contributed by atoms with E-state index in [9.17, 15) is 4.79 Å². The zero-order chi connectivity index (χ0) is 12.5. The number of hydrogen-bond acceptors (Lipinski definition) is 2. The van der Waals surface area contributed by atoms with E-state index < -0.39 is 0 Å². The van der Waals surface area contributed by atoms with E-state index in [1.54, 1.807) is 6.07 Å². The molecule has 2 rings (SSSR count). The normalized spacial score (nSPS) is 21.5. The number of nitrogens with zero attached hydrogens (tertiary/aromatic N) is 1. The summed E-state index contributed by atoms with van der Waals surface area (Å²) < 4.78 is 0. The maximum absolute atomic E-state index is 11.8. The molecule has 1 heterocycles. The average molecular weight is 233 g/mol. The number of pyridine rings is 1. The van der Waals surface area contributed by atoms with Crippen molar-refractivity contribution in [2.24, 2.45) is 5.41 Å². The minimum absolute atomic E-state index is 0.166. The zero-order valence-corrected chi connectivity index (χ0v) is 10.6. The van der Waals surface area contributed by atoms with Gasteiger partial charge in [-0.3, -0.25) is 5.32 Å². The van der Waals surface area contributed by atoms with E-state index in [1.165, 1.54) is 6.42 Å². The minimum Gasteiger partial charge on any atom is -0.335 e. The summed E-state index contributed by atoms with van der Waals surface area (Å²) >= 11 is 0. The molecule has 0 saturated heterocycles. The summed E-state index contributed by atoms with van der Waals surface area (Å²) in [5.41, 5.74) is 1.11. The lowest BCUT2D eigenvalue weighted by molar-refractivity contribution is 0.117. The Morgan fingerprint density at radius 3 is 2.76 bits per heavy atom. The van der Waals surface area contributed by atoms with Crippen LogP contribution in [-0.4, -0.2) is 17.1 Å². The van der Waals surface area contributed by atoms with Crippen molar-refractivity contribution in [2.75, 3.05) is 5.32 Å². The molecule has 0 spiro atoms. The number of nitrogens with one attached hydrogen (secondary N) is 2. The summed E-state index contributed by atoms with van der Waals surface area (Å²) in [6.45, 7) is 6.25. The molecule has 0 aliphatic heterocycles. The molecule has 92 valence electrons. The van der Waals surface area contributed by atoms with E-state index in [2.05, 4.69) is 29.5 Å². The fourth-order valence-corrected chi connectivity index (χ4v) is 2.06. The van der Waals surface area contributed by atoms with E-state index in [1.807, 2.05) is 19.1 Å². The van der Waals surface area contributed by atoms with Crippen molar-refractivity contribution < 1.29 is 4.79 Å². The second kappa shape index (κ2) is 4.35. The summed E-state index contributed by atoms with van der Waals surface area (Å²) in [6.07, 6.45) is 2.22. The number of anilines is 1. The highest BCUT2D eigenvalue weighted by atomic mass is 16.2. The number of carbonyl (C=O) groups excluding carboxylic acids is 1. The van der Waals surface area contributed by atoms with Crippen LogP contribution in [0.25, 0.3) is 0 Å². The summed E-state index contributed by atoms with van der Waals surface area (Å²) in [5.74, 6) is 0.597. The van der Waals surface area contributed by atoms with Crippen molar-refractivity contribution in [2.45, 2.75) is 39.7 Å². The van der Waals surface area contributed by atoms with Crippen molar-refractivity contribution >= 4 is 11.8 Å². The maximum atomic E-state index is 11.8. The number of urea groups is 1. The van der Waals surface area contributed by atoms with E-state index in [-0.39, 0.29) is 17.5 Å². The van der Waals surface area contributed by atoms with Crippen LogP contribution >= 0.6 is 0 Å². The number of amides is 2. The first-order valence-electron chi connectivity index (χ1n) is 5.98. The van der Waals surface area contributed by atoms with Crippen LogP contribution in [0.3, 0.4) is 0 Å². The van der Waals surface area contributed by atoms with Crippen molar-refractivity contribution in [3.8, 4) is 0 Å². The molecule has 1 aromatic rings. The lowest BCUT2D eigenvalue weighted by Gasteiger charge is -2.44. The number of rotatable bonds is 2. The minimum atomic E-state index is -0.166. The van der Waals surface area contributed by atoms with Gasteiger partial charge < -0.3 is 5.32 Å². The van der Waals surface area contributed by atoms with Gasteiger partial charge in [0.2, 0.25) is 0 Å². The van der Waals surface area contributed by atoms with E-state index in [0.29, 0.717) is 5.82 Å². The number of aryl methyl sites for hydroxylation is 1. The van der Waals surface area contributed by atoms with Gasteiger partial charge in [-0.25, -0.2) is 9.78 Å². The van der Waals surface area contributed by atoms with Gasteiger partial charge in [0.05, 0.1) is 0 Å². The summed E-state index contributed by atoms with van der Waals surface area (Å²) in [7, 11) is 0. The molecule has 0 radical (unpaired) electrons. The number of carbonyl (C=O) groups is 1. The lowest BCUT2D eigenvalue weighted by Crippen LogP contribution is -2.53. The van der Waals surface area contributed by atoms with Gasteiger partial charge in [0, 0.05) is 11.7 Å². The Balaban J connectivity index is 1.90. The molecule has 1 aromatic heterocycles. The van der Waals surface area contributed by atoms with Crippen LogP contribution < -0.4 is 10.6 Å². The Morgan fingerprint density at radius 2 is 2.24 bits per heavy atom. The van der Waals surface area contributed by atoms with Gasteiger partial charge in [-0.1, -0.05) is 19.9 Å². The third-order valence-corrected chi connectivity index (χ3v) is 3.46. The molecule has 17 heavy (non-hydrogen) atoms. The molecule has 2 amide bonds. The molecule has 1 saturated carbocycles. The third-order valence-electron chi connectivity index (χ3n) is 3.46. The quantitative estimate of drug-likeness (QED) is 0.825. The van der Waals surface area contributed by atoms with Gasteiger partial charge in [-0.05, 0) is 37.3 Å². The van der Waals surface area contributed by atoms with Crippen molar-refractivity contribution in [1.82, 2.24) is 10.3 Å². The molecule has 1 fully saturated rings. The third kappa shape index (κ3) is 2.75. The molecule has 0 aromatic carbocycles. The second-order valence-corrected chi connectivity index (χ2v) is 5.34. The predicted octanol–water partition coefficient (Wildman–Crippen LogP) is 2.70. The van der Waals surface area contributed by atoms with Crippen molar-refractivity contribution in [1.29, 1.82) is 0 Å². The van der Waals surface area contributed by atoms with Crippen LogP contribution in [0.2, 0.25) is 0 Å². The first kappa shape index (κ1) is 11.9. The van der Waals surface area contributed by atoms with Gasteiger partial charge in [-0.2, -0.15) is 0 Å². The fraction of sp³-hybridized carbons (Fsp3) is 0.538. The topological polar surface area (TPSA) is 54.0 Å². The molecule has 4 heteroatoms. The summed E-state index contributed by atoms with van der Waals surface area (Å²) in [6, 6.07) is 5.68. The number of aromatic nitrogens is 1. The molecular weight excluding hydrogens is 214 g/mol. The smallest absolute Gasteiger partial charge is 0.320 e. The van der Waals surface area contributed by atoms with Crippen LogP contribution in [-0.2, 0) is 0 Å². The van der Waals surface area contributed by atoms with Gasteiger partial charge >= 0.3 is 6.03 Å². The fourth-order valence-electron chi connectivity index (χ4n) is 2.06. The molecule has 0 bridgehead atoms. The van der Waals surface area contributed by atoms with Gasteiger partial charge in [0.25, 0.3) is 0 Å². The van der Waals surface area contributed by atoms with E-state index in [0.717, 1.165) is 12.1 Å². The standard InChI is InChI=1S/C13H19N3O/c1-9-5-4-6-11(14-9)16-12(17)15-10-7-8-13(10,2)3/h4-6,10H,7-8H2,1-3H3,(H2,14,15,16,17). The van der Waals surface area contributed by atoms with Crippen LogP contribution in [0.5, 0.6) is 0 Å². The highest BCUT2D eigenvalue weighted by Crippen LogP contribution is 2.39. The zero-order valence-electron chi connectivity index (χ0n) is 10.6. The first-order valence-corrected chi connectivity index (χ1v) is 5.98. The van der Waals surface area contributed by atoms with Crippen molar-refractivity contribution in [3.63, 3.8) is 0 Å².